The Morgan fingerprint density at radius 1 is 0.708 bits per heavy atom. The third-order valence-corrected chi connectivity index (χ3v) is 14.6. The molecule has 7 rings (SSSR count). The summed E-state index contributed by atoms with van der Waals surface area (Å²) in [5, 5.41) is 21.4. The molecule has 0 amide bonds. The van der Waals surface area contributed by atoms with E-state index in [1.807, 2.05) is 40.7 Å². The predicted octanol–water partition coefficient (Wildman–Crippen LogP) is 7.14. The van der Waals surface area contributed by atoms with Crippen LogP contribution in [0.1, 0.15) is 117 Å². The van der Waals surface area contributed by atoms with E-state index in [-0.39, 0.29) is 39.7 Å². The van der Waals surface area contributed by atoms with Gasteiger partial charge in [-0.2, -0.15) is 13.7 Å². The lowest BCUT2D eigenvalue weighted by molar-refractivity contribution is -0.156. The predicted molar refractivity (Wildman–Crippen MR) is 244 cm³/mol. The molecule has 0 radical (unpaired) electrons. The fourth-order valence-corrected chi connectivity index (χ4v) is 9.35. The summed E-state index contributed by atoms with van der Waals surface area (Å²) in [6.07, 6.45) is 8.42. The molecule has 5 saturated heterocycles. The average molecular weight is 936 g/mol. The van der Waals surface area contributed by atoms with Crippen LogP contribution in [0.5, 0.6) is 0 Å². The molecule has 5 aliphatic rings. The SMILES string of the molecule is CC(C)(C(=O)C#N)C1CCOCC1.CC(C)(c1cc(N)on1)C1CCOCC1.COC(=O)C(C)(C)C1CCOCC1.Cc1ccc(S(=O)(=O)OC2CCOCC2)cc1.OC1CCOCC1. The smallest absolute Gasteiger partial charge is 0.311 e. The first-order valence-electron chi connectivity index (χ1n) is 23.1. The third-order valence-electron chi connectivity index (χ3n) is 13.2. The quantitative estimate of drug-likeness (QED) is 0.145. The number of hydrogen-bond acceptors (Lipinski definition) is 16. The second-order valence-electron chi connectivity index (χ2n) is 18.9. The van der Waals surface area contributed by atoms with Gasteiger partial charge in [-0.05, 0) is 115 Å². The molecule has 2 aromatic rings. The Balaban J connectivity index is 0.000000220. The molecule has 0 unspecified atom stereocenters. The largest absolute Gasteiger partial charge is 0.469 e. The van der Waals surface area contributed by atoms with Gasteiger partial charge in [0.25, 0.3) is 10.1 Å². The monoisotopic (exact) mass is 936 g/mol. The first-order chi connectivity index (χ1) is 30.7. The molecular formula is C48H77N3O13S. The van der Waals surface area contributed by atoms with Crippen LogP contribution in [0.2, 0.25) is 0 Å². The number of aliphatic hydroxyl groups excluding tert-OH is 1. The van der Waals surface area contributed by atoms with Gasteiger partial charge < -0.3 is 43.8 Å². The van der Waals surface area contributed by atoms with Gasteiger partial charge in [0, 0.05) is 83.0 Å². The molecule has 0 aliphatic carbocycles. The van der Waals surface area contributed by atoms with Crippen LogP contribution in [0.15, 0.2) is 39.8 Å². The fraction of sp³-hybridized carbons (Fsp3) is 0.750. The van der Waals surface area contributed by atoms with Crippen molar-refractivity contribution in [1.29, 1.82) is 5.26 Å². The molecule has 0 bridgehead atoms. The second-order valence-corrected chi connectivity index (χ2v) is 20.5. The summed E-state index contributed by atoms with van der Waals surface area (Å²) in [6, 6.07) is 10.2. The normalized spacial score (nSPS) is 19.8. The van der Waals surface area contributed by atoms with Gasteiger partial charge in [-0.15, -0.1) is 0 Å². The van der Waals surface area contributed by atoms with Gasteiger partial charge in [0.2, 0.25) is 11.7 Å². The Kier molecular flexibility index (Phi) is 23.5. The maximum absolute atomic E-state index is 11.9. The molecule has 65 heavy (non-hydrogen) atoms. The van der Waals surface area contributed by atoms with E-state index >= 15 is 0 Å². The van der Waals surface area contributed by atoms with E-state index in [1.165, 1.54) is 7.11 Å². The topological polar surface area (TPSA) is 229 Å². The van der Waals surface area contributed by atoms with Crippen LogP contribution in [-0.2, 0) is 57.7 Å². The number of aromatic nitrogens is 1. The highest BCUT2D eigenvalue weighted by atomic mass is 32.2. The summed E-state index contributed by atoms with van der Waals surface area (Å²) in [7, 11) is -2.18. The van der Waals surface area contributed by atoms with Gasteiger partial charge in [0.15, 0.2) is 0 Å². The van der Waals surface area contributed by atoms with Crippen molar-refractivity contribution < 1.29 is 60.2 Å². The van der Waals surface area contributed by atoms with Crippen molar-refractivity contribution in [3.8, 4) is 6.07 Å². The van der Waals surface area contributed by atoms with E-state index in [2.05, 4.69) is 19.0 Å². The maximum atomic E-state index is 11.9. The minimum atomic E-state index is -3.63. The molecule has 16 nitrogen and oxygen atoms in total. The number of benzene rings is 1. The number of nitrogen functional groups attached to an aromatic ring is 1. The molecule has 0 spiro atoms. The molecule has 0 atom stereocenters. The Bertz CT molecular complexity index is 1830. The minimum Gasteiger partial charge on any atom is -0.469 e. The van der Waals surface area contributed by atoms with Crippen molar-refractivity contribution in [2.75, 3.05) is 78.9 Å². The van der Waals surface area contributed by atoms with E-state index in [9.17, 15) is 18.0 Å². The Labute approximate surface area is 387 Å². The standard InChI is InChI=1S/C12H16O4S.C11H18N2O2.C10H15NO2.C10H18O3.C5H10O2/c1-10-2-4-12(5-3-10)17(13,14)16-11-6-8-15-9-7-11;1-11(2,8-3-5-14-6-4-8)9-7-10(12)15-13-9;1-10(2,9(12)7-11)8-3-5-13-6-4-8;1-10(2,9(11)12-3)8-4-6-13-7-5-8;6-5-1-3-7-4-2-5/h2-5,11H,6-9H2,1H3;7-8H,3-6,12H2,1-2H3;8H,3-6H2,1-2H3;8H,4-7H2,1-3H3;5-6H,1-4H2. The molecule has 17 heteroatoms. The number of nitrogens with two attached hydrogens (primary N) is 1. The number of ether oxygens (including phenoxy) is 6. The van der Waals surface area contributed by atoms with Gasteiger partial charge in [-0.25, -0.2) is 0 Å². The van der Waals surface area contributed by atoms with Crippen LogP contribution in [0.25, 0.3) is 0 Å². The van der Waals surface area contributed by atoms with Crippen LogP contribution >= 0.6 is 0 Å². The van der Waals surface area contributed by atoms with Crippen LogP contribution in [-0.4, -0.2) is 116 Å². The van der Waals surface area contributed by atoms with Gasteiger partial charge >= 0.3 is 5.97 Å². The average Bonchev–Trinajstić information content (AvgIpc) is 3.77. The van der Waals surface area contributed by atoms with Crippen LogP contribution in [0.3, 0.4) is 0 Å². The zero-order chi connectivity index (χ0) is 48.1. The number of esters is 1. The summed E-state index contributed by atoms with van der Waals surface area (Å²) in [4.78, 5) is 23.0. The molecule has 6 heterocycles. The number of anilines is 1. The van der Waals surface area contributed by atoms with E-state index in [4.69, 9.17) is 53.2 Å². The lowest BCUT2D eigenvalue weighted by Gasteiger charge is -2.35. The molecule has 1 aromatic carbocycles. The number of Topliss-reactive ketones (excluding diaryl/α,β-unsaturated/α-hetero) is 1. The molecule has 368 valence electrons. The lowest BCUT2D eigenvalue weighted by atomic mass is 9.72. The number of aliphatic hydroxyl groups is 1. The number of methoxy groups -OCH3 is 1. The van der Waals surface area contributed by atoms with Crippen LogP contribution in [0, 0.1) is 46.8 Å². The summed E-state index contributed by atoms with van der Waals surface area (Å²) < 4.78 is 64.8. The van der Waals surface area contributed by atoms with Crippen molar-refractivity contribution in [3.05, 3.63) is 41.6 Å². The minimum absolute atomic E-state index is 0.0188. The maximum Gasteiger partial charge on any atom is 0.311 e. The molecule has 1 aromatic heterocycles. The van der Waals surface area contributed by atoms with Crippen molar-refractivity contribution in [3.63, 3.8) is 0 Å². The summed E-state index contributed by atoms with van der Waals surface area (Å²) in [5.41, 5.74) is 6.68. The van der Waals surface area contributed by atoms with Crippen LogP contribution in [0.4, 0.5) is 5.88 Å². The molecule has 0 saturated carbocycles. The van der Waals surface area contributed by atoms with Crippen molar-refractivity contribution in [2.24, 2.45) is 28.6 Å². The van der Waals surface area contributed by atoms with E-state index in [1.54, 1.807) is 30.3 Å². The first kappa shape index (κ1) is 55.9. The first-order valence-corrected chi connectivity index (χ1v) is 24.5. The molecular weight excluding hydrogens is 859 g/mol. The lowest BCUT2D eigenvalue weighted by Crippen LogP contribution is -2.37. The molecule has 5 aliphatic heterocycles. The zero-order valence-corrected chi connectivity index (χ0v) is 41.0. The number of aryl methyl sites for hydroxylation is 1. The highest BCUT2D eigenvalue weighted by Gasteiger charge is 2.39. The number of ketones is 1. The van der Waals surface area contributed by atoms with Gasteiger partial charge in [0.05, 0.1) is 35.3 Å². The number of rotatable bonds is 9. The van der Waals surface area contributed by atoms with Gasteiger partial charge in [0.1, 0.15) is 6.07 Å². The van der Waals surface area contributed by atoms with Crippen molar-refractivity contribution >= 4 is 27.8 Å². The number of carbonyl (C=O) groups excluding carboxylic acids is 2. The summed E-state index contributed by atoms with van der Waals surface area (Å²) in [6.45, 7) is 21.2. The highest BCUT2D eigenvalue weighted by Crippen LogP contribution is 2.38. The summed E-state index contributed by atoms with van der Waals surface area (Å²) in [5.74, 6) is 1.27. The number of nitriles is 1. The molecule has 5 fully saturated rings. The van der Waals surface area contributed by atoms with Crippen molar-refractivity contribution in [1.82, 2.24) is 5.16 Å². The highest BCUT2D eigenvalue weighted by molar-refractivity contribution is 7.86. The van der Waals surface area contributed by atoms with E-state index in [0.29, 0.717) is 62.9 Å². The zero-order valence-electron chi connectivity index (χ0n) is 40.1. The van der Waals surface area contributed by atoms with Gasteiger partial charge in [-0.3, -0.25) is 13.8 Å². The number of carbonyl (C=O) groups is 2. The van der Waals surface area contributed by atoms with Gasteiger partial charge in [-0.1, -0.05) is 50.5 Å². The Morgan fingerprint density at radius 3 is 1.51 bits per heavy atom. The number of nitrogens with zero attached hydrogens (tertiary/aromatic N) is 2. The number of hydrogen-bond donors (Lipinski definition) is 2. The molecule has 3 N–H and O–H groups in total. The Hall–Kier alpha value is -3.47. The van der Waals surface area contributed by atoms with Crippen LogP contribution < -0.4 is 5.73 Å². The second kappa shape index (κ2) is 27.4. The Morgan fingerprint density at radius 2 is 1.12 bits per heavy atom. The van der Waals surface area contributed by atoms with E-state index in [0.717, 1.165) is 102 Å². The fourth-order valence-electron chi connectivity index (χ4n) is 8.22. The third kappa shape index (κ3) is 18.3. The van der Waals surface area contributed by atoms with Crippen molar-refractivity contribution in [2.45, 2.75) is 135 Å². The van der Waals surface area contributed by atoms with E-state index < -0.39 is 15.5 Å². The summed E-state index contributed by atoms with van der Waals surface area (Å²) >= 11 is 0.